The van der Waals surface area contributed by atoms with Crippen molar-refractivity contribution in [2.45, 2.75) is 26.2 Å². The summed E-state index contributed by atoms with van der Waals surface area (Å²) in [6, 6.07) is 0. The van der Waals surface area contributed by atoms with Crippen LogP contribution in [0.15, 0.2) is 12.4 Å². The highest BCUT2D eigenvalue weighted by molar-refractivity contribution is 5.86. The summed E-state index contributed by atoms with van der Waals surface area (Å²) >= 11 is 0. The molecule has 98 valence electrons. The Hall–Kier alpha value is -1.65. The number of nitrogens with zero attached hydrogens (tertiary/aromatic N) is 3. The van der Waals surface area contributed by atoms with E-state index in [9.17, 15) is 4.79 Å². The maximum absolute atomic E-state index is 11.3. The predicted molar refractivity (Wildman–Crippen MR) is 68.6 cm³/mol. The fraction of sp³-hybridized carbons (Fsp3) is 0.615. The highest BCUT2D eigenvalue weighted by Gasteiger charge is 2.24. The summed E-state index contributed by atoms with van der Waals surface area (Å²) in [7, 11) is 1.34. The molecule has 0 atom stereocenters. The van der Waals surface area contributed by atoms with Crippen molar-refractivity contribution in [3.8, 4) is 0 Å². The van der Waals surface area contributed by atoms with Crippen molar-refractivity contribution in [3.63, 3.8) is 0 Å². The quantitative estimate of drug-likeness (QED) is 0.721. The van der Waals surface area contributed by atoms with Gasteiger partial charge < -0.3 is 9.64 Å². The van der Waals surface area contributed by atoms with E-state index in [1.807, 2.05) is 0 Å². The normalized spacial score (nSPS) is 14.3. The summed E-state index contributed by atoms with van der Waals surface area (Å²) in [5.74, 6) is 1.20. The second-order valence-corrected chi connectivity index (χ2v) is 4.64. The molecule has 5 heteroatoms. The monoisotopic (exact) mass is 249 g/mol. The van der Waals surface area contributed by atoms with Crippen molar-refractivity contribution in [1.82, 2.24) is 9.97 Å². The van der Waals surface area contributed by atoms with Gasteiger partial charge in [0.2, 0.25) is 0 Å². The summed E-state index contributed by atoms with van der Waals surface area (Å²) < 4.78 is 4.60. The van der Waals surface area contributed by atoms with Crippen molar-refractivity contribution >= 4 is 11.8 Å². The highest BCUT2D eigenvalue weighted by atomic mass is 16.5. The lowest BCUT2D eigenvalue weighted by molar-refractivity contribution is 0.0593. The molecule has 1 aromatic heterocycles. The minimum atomic E-state index is -0.446. The van der Waals surface area contributed by atoms with E-state index in [2.05, 4.69) is 26.5 Å². The Morgan fingerprint density at radius 2 is 2.22 bits per heavy atom. The molecule has 18 heavy (non-hydrogen) atoms. The molecule has 5 nitrogen and oxygen atoms in total. The van der Waals surface area contributed by atoms with E-state index in [0.29, 0.717) is 0 Å². The number of ether oxygens (including phenoxy) is 1. The van der Waals surface area contributed by atoms with Gasteiger partial charge in [-0.05, 0) is 25.2 Å². The molecular formula is C13H19N3O2. The van der Waals surface area contributed by atoms with Gasteiger partial charge in [0.15, 0.2) is 5.69 Å². The van der Waals surface area contributed by atoms with Crippen LogP contribution in [0.25, 0.3) is 0 Å². The minimum Gasteiger partial charge on any atom is -0.464 e. The van der Waals surface area contributed by atoms with Crippen molar-refractivity contribution in [2.75, 3.05) is 25.1 Å². The lowest BCUT2D eigenvalue weighted by Crippen LogP contribution is -2.27. The molecule has 0 aromatic carbocycles. The number of rotatable bonds is 6. The number of methoxy groups -OCH3 is 1. The molecule has 0 radical (unpaired) electrons. The van der Waals surface area contributed by atoms with E-state index in [1.54, 1.807) is 6.20 Å². The molecule has 2 rings (SSSR count). The number of esters is 1. The zero-order valence-electron chi connectivity index (χ0n) is 10.9. The van der Waals surface area contributed by atoms with Gasteiger partial charge in [-0.15, -0.1) is 0 Å². The van der Waals surface area contributed by atoms with Gasteiger partial charge in [0.25, 0.3) is 0 Å². The van der Waals surface area contributed by atoms with Crippen LogP contribution in [0.1, 0.15) is 36.7 Å². The van der Waals surface area contributed by atoms with Gasteiger partial charge in [-0.2, -0.15) is 0 Å². The van der Waals surface area contributed by atoms with E-state index < -0.39 is 5.97 Å². The first-order valence-electron chi connectivity index (χ1n) is 6.40. The number of hydrogen-bond donors (Lipinski definition) is 0. The van der Waals surface area contributed by atoms with Gasteiger partial charge in [-0.1, -0.05) is 6.92 Å². The van der Waals surface area contributed by atoms with Crippen LogP contribution in [-0.4, -0.2) is 36.1 Å². The molecule has 1 fully saturated rings. The summed E-state index contributed by atoms with van der Waals surface area (Å²) in [4.78, 5) is 21.9. The Labute approximate surface area is 107 Å². The van der Waals surface area contributed by atoms with Crippen LogP contribution in [0.4, 0.5) is 5.82 Å². The fourth-order valence-electron chi connectivity index (χ4n) is 1.88. The molecule has 1 aliphatic rings. The molecule has 1 saturated carbocycles. The van der Waals surface area contributed by atoms with Crippen LogP contribution < -0.4 is 4.90 Å². The SMILES string of the molecule is CCCN(CC1CC1)c1cnc(C(=O)OC)cn1. The zero-order chi connectivity index (χ0) is 13.0. The second kappa shape index (κ2) is 5.80. The Kier molecular flexibility index (Phi) is 4.12. The van der Waals surface area contributed by atoms with E-state index in [1.165, 1.54) is 26.1 Å². The average Bonchev–Trinajstić information content (AvgIpc) is 3.21. The molecule has 0 spiro atoms. The molecule has 1 heterocycles. The van der Waals surface area contributed by atoms with Crippen LogP contribution in [0.5, 0.6) is 0 Å². The van der Waals surface area contributed by atoms with Crippen molar-refractivity contribution in [3.05, 3.63) is 18.1 Å². The number of carbonyl (C=O) groups excluding carboxylic acids is 1. The number of anilines is 1. The smallest absolute Gasteiger partial charge is 0.358 e. The molecule has 0 N–H and O–H groups in total. The summed E-state index contributed by atoms with van der Waals surface area (Å²) in [6.45, 7) is 4.17. The standard InChI is InChI=1S/C13H19N3O2/c1-3-6-16(9-10-4-5-10)12-8-14-11(7-15-12)13(17)18-2/h7-8,10H,3-6,9H2,1-2H3. The summed E-state index contributed by atoms with van der Waals surface area (Å²) in [6.07, 6.45) is 6.84. The van der Waals surface area contributed by atoms with Gasteiger partial charge >= 0.3 is 5.97 Å². The number of hydrogen-bond acceptors (Lipinski definition) is 5. The number of aromatic nitrogens is 2. The van der Waals surface area contributed by atoms with E-state index in [0.717, 1.165) is 31.2 Å². The van der Waals surface area contributed by atoms with Gasteiger partial charge in [-0.3, -0.25) is 0 Å². The Morgan fingerprint density at radius 1 is 1.44 bits per heavy atom. The third kappa shape index (κ3) is 3.18. The molecule has 0 saturated heterocycles. The Balaban J connectivity index is 2.06. The van der Waals surface area contributed by atoms with Crippen LogP contribution in [0.2, 0.25) is 0 Å². The van der Waals surface area contributed by atoms with Gasteiger partial charge in [0, 0.05) is 13.1 Å². The first kappa shape index (κ1) is 12.8. The van der Waals surface area contributed by atoms with E-state index in [4.69, 9.17) is 0 Å². The summed E-state index contributed by atoms with van der Waals surface area (Å²) in [5.41, 5.74) is 0.254. The maximum Gasteiger partial charge on any atom is 0.358 e. The largest absolute Gasteiger partial charge is 0.464 e. The van der Waals surface area contributed by atoms with Crippen LogP contribution in [0, 0.1) is 5.92 Å². The van der Waals surface area contributed by atoms with Gasteiger partial charge in [0.05, 0.1) is 19.5 Å². The van der Waals surface area contributed by atoms with E-state index >= 15 is 0 Å². The summed E-state index contributed by atoms with van der Waals surface area (Å²) in [5, 5.41) is 0. The van der Waals surface area contributed by atoms with Crippen molar-refractivity contribution in [2.24, 2.45) is 5.92 Å². The Bertz CT molecular complexity index is 401. The van der Waals surface area contributed by atoms with Crippen molar-refractivity contribution in [1.29, 1.82) is 0 Å². The van der Waals surface area contributed by atoms with Crippen LogP contribution in [0.3, 0.4) is 0 Å². The zero-order valence-corrected chi connectivity index (χ0v) is 10.9. The topological polar surface area (TPSA) is 55.3 Å². The number of carbonyl (C=O) groups is 1. The molecular weight excluding hydrogens is 230 g/mol. The minimum absolute atomic E-state index is 0.254. The molecule has 1 aromatic rings. The van der Waals surface area contributed by atoms with Gasteiger partial charge in [0.1, 0.15) is 5.82 Å². The molecule has 1 aliphatic carbocycles. The predicted octanol–water partition coefficient (Wildman–Crippen LogP) is 1.89. The molecule has 0 bridgehead atoms. The third-order valence-electron chi connectivity index (χ3n) is 3.03. The maximum atomic E-state index is 11.3. The van der Waals surface area contributed by atoms with Crippen molar-refractivity contribution < 1.29 is 9.53 Å². The molecule has 0 aliphatic heterocycles. The molecule has 0 amide bonds. The fourth-order valence-corrected chi connectivity index (χ4v) is 1.88. The second-order valence-electron chi connectivity index (χ2n) is 4.64. The third-order valence-corrected chi connectivity index (χ3v) is 3.03. The van der Waals surface area contributed by atoms with E-state index in [-0.39, 0.29) is 5.69 Å². The average molecular weight is 249 g/mol. The first-order valence-corrected chi connectivity index (χ1v) is 6.40. The first-order chi connectivity index (χ1) is 8.74. The van der Waals surface area contributed by atoms with Gasteiger partial charge in [-0.25, -0.2) is 14.8 Å². The highest BCUT2D eigenvalue weighted by Crippen LogP contribution is 2.30. The molecule has 0 unspecified atom stereocenters. The lowest BCUT2D eigenvalue weighted by atomic mass is 10.3. The Morgan fingerprint density at radius 3 is 2.72 bits per heavy atom. The lowest BCUT2D eigenvalue weighted by Gasteiger charge is -2.22. The van der Waals surface area contributed by atoms with Crippen LogP contribution >= 0.6 is 0 Å². The van der Waals surface area contributed by atoms with Crippen LogP contribution in [-0.2, 0) is 4.74 Å².